The lowest BCUT2D eigenvalue weighted by Crippen LogP contribution is -2.23. The van der Waals surface area contributed by atoms with E-state index in [-0.39, 0.29) is 17.2 Å². The van der Waals surface area contributed by atoms with Gasteiger partial charge >= 0.3 is 0 Å². The van der Waals surface area contributed by atoms with E-state index in [0.717, 1.165) is 53.2 Å². The minimum Gasteiger partial charge on any atom is -0.353 e. The molecule has 0 spiro atoms. The van der Waals surface area contributed by atoms with E-state index in [1.165, 1.54) is 0 Å². The molecule has 1 unspecified atom stereocenters. The Kier molecular flexibility index (Phi) is 6.32. The maximum absolute atomic E-state index is 6.01. The van der Waals surface area contributed by atoms with Gasteiger partial charge in [-0.05, 0) is 31.4 Å². The Hall–Kier alpha value is -0.890. The summed E-state index contributed by atoms with van der Waals surface area (Å²) in [4.78, 5) is 0. The van der Waals surface area contributed by atoms with Crippen LogP contribution in [0.4, 0.5) is 0 Å². The molecule has 0 aliphatic carbocycles. The van der Waals surface area contributed by atoms with Crippen LogP contribution in [0.1, 0.15) is 25.0 Å². The molecule has 130 valence electrons. The molecule has 1 saturated heterocycles. The van der Waals surface area contributed by atoms with Gasteiger partial charge < -0.3 is 9.47 Å². The molecule has 24 heavy (non-hydrogen) atoms. The highest BCUT2D eigenvalue weighted by molar-refractivity contribution is 9.10. The number of rotatable bonds is 6. The molecule has 7 heteroatoms. The number of benzene rings is 1. The Morgan fingerprint density at radius 3 is 2.75 bits per heavy atom. The van der Waals surface area contributed by atoms with Crippen molar-refractivity contribution in [2.45, 2.75) is 38.0 Å². The third-order valence-electron chi connectivity index (χ3n) is 3.88. The lowest BCUT2D eigenvalue weighted by molar-refractivity contribution is -0.169. The Balaban J connectivity index is 1.82. The van der Waals surface area contributed by atoms with Crippen molar-refractivity contribution in [3.05, 3.63) is 34.4 Å². The highest BCUT2D eigenvalue weighted by Gasteiger charge is 2.21. The number of hydrogen-bond acceptors (Lipinski definition) is 4. The van der Waals surface area contributed by atoms with Crippen molar-refractivity contribution < 1.29 is 9.47 Å². The largest absolute Gasteiger partial charge is 0.353 e. The van der Waals surface area contributed by atoms with Gasteiger partial charge in [-0.2, -0.15) is 4.68 Å². The van der Waals surface area contributed by atoms with Crippen LogP contribution in [0.15, 0.2) is 28.7 Å². The molecule has 1 aromatic carbocycles. The fourth-order valence-electron chi connectivity index (χ4n) is 2.67. The molecular weight excluding hydrogens is 390 g/mol. The number of ether oxygens (including phenoxy) is 2. The molecule has 5 nitrogen and oxygen atoms in total. The summed E-state index contributed by atoms with van der Waals surface area (Å²) in [5, 5.41) is 8.77. The van der Waals surface area contributed by atoms with E-state index in [2.05, 4.69) is 50.9 Å². The molecule has 2 heterocycles. The molecule has 0 saturated carbocycles. The van der Waals surface area contributed by atoms with Crippen LogP contribution in [0.25, 0.3) is 11.3 Å². The summed E-state index contributed by atoms with van der Waals surface area (Å²) in [6.45, 7) is 1.26. The van der Waals surface area contributed by atoms with E-state index in [4.69, 9.17) is 9.47 Å². The average Bonchev–Trinajstić information content (AvgIpc) is 2.96. The van der Waals surface area contributed by atoms with Crippen LogP contribution in [-0.2, 0) is 32.9 Å². The zero-order valence-corrected chi connectivity index (χ0v) is 16.5. The fraction of sp³-hybridized carbons (Fsp3) is 0.529. The molecule has 0 radical (unpaired) electrons. The third-order valence-corrected chi connectivity index (χ3v) is 5.17. The van der Waals surface area contributed by atoms with Crippen LogP contribution in [0.5, 0.6) is 0 Å². The van der Waals surface area contributed by atoms with Crippen LogP contribution < -0.4 is 0 Å². The maximum atomic E-state index is 6.01. The topological polar surface area (TPSA) is 49.2 Å². The van der Waals surface area contributed by atoms with Gasteiger partial charge in [0, 0.05) is 27.5 Å². The SMILES string of the molecule is C[S+](C)Cn1nnc(-c2ccc(Br)cc2)c1COC1CCCCO1. The zero-order chi connectivity index (χ0) is 16.9. The van der Waals surface area contributed by atoms with E-state index in [9.17, 15) is 0 Å². The lowest BCUT2D eigenvalue weighted by Gasteiger charge is -2.22. The summed E-state index contributed by atoms with van der Waals surface area (Å²) in [6, 6.07) is 8.15. The molecule has 3 rings (SSSR count). The van der Waals surface area contributed by atoms with Crippen molar-refractivity contribution in [3.63, 3.8) is 0 Å². The van der Waals surface area contributed by atoms with Gasteiger partial charge in [-0.1, -0.05) is 33.3 Å². The first-order chi connectivity index (χ1) is 11.6. The van der Waals surface area contributed by atoms with Gasteiger partial charge in [-0.25, -0.2) is 0 Å². The van der Waals surface area contributed by atoms with Crippen molar-refractivity contribution in [3.8, 4) is 11.3 Å². The van der Waals surface area contributed by atoms with E-state index < -0.39 is 0 Å². The summed E-state index contributed by atoms with van der Waals surface area (Å²) in [7, 11) is 0.234. The quantitative estimate of drug-likeness (QED) is 0.680. The molecular formula is C17H23BrN3O2S+. The third kappa shape index (κ3) is 4.59. The smallest absolute Gasteiger partial charge is 0.201 e. The summed E-state index contributed by atoms with van der Waals surface area (Å²) >= 11 is 3.48. The second-order valence-electron chi connectivity index (χ2n) is 6.11. The number of hydrogen-bond donors (Lipinski definition) is 0. The van der Waals surface area contributed by atoms with Gasteiger partial charge in [-0.3, -0.25) is 0 Å². The first-order valence-electron chi connectivity index (χ1n) is 8.09. The van der Waals surface area contributed by atoms with E-state index in [1.807, 2.05) is 16.8 Å². The lowest BCUT2D eigenvalue weighted by atomic mass is 10.1. The molecule has 2 aromatic rings. The molecule has 0 N–H and O–H groups in total. The van der Waals surface area contributed by atoms with Crippen molar-refractivity contribution in [2.24, 2.45) is 0 Å². The van der Waals surface area contributed by atoms with Gasteiger partial charge in [0.15, 0.2) is 6.29 Å². The second kappa shape index (κ2) is 8.47. The first-order valence-corrected chi connectivity index (χ1v) is 11.1. The minimum absolute atomic E-state index is 0.110. The molecule has 0 amide bonds. The molecule has 1 aliphatic rings. The number of nitrogens with zero attached hydrogens (tertiary/aromatic N) is 3. The van der Waals surface area contributed by atoms with Crippen molar-refractivity contribution >= 4 is 26.8 Å². The van der Waals surface area contributed by atoms with Gasteiger partial charge in [0.2, 0.25) is 5.88 Å². The van der Waals surface area contributed by atoms with Gasteiger partial charge in [0.1, 0.15) is 5.69 Å². The van der Waals surface area contributed by atoms with Gasteiger partial charge in [-0.15, -0.1) is 5.10 Å². The normalized spacial score (nSPS) is 18.2. The highest BCUT2D eigenvalue weighted by Crippen LogP contribution is 2.25. The molecule has 1 aliphatic heterocycles. The fourth-order valence-corrected chi connectivity index (χ4v) is 3.63. The summed E-state index contributed by atoms with van der Waals surface area (Å²) in [6.07, 6.45) is 7.54. The van der Waals surface area contributed by atoms with Gasteiger partial charge in [0.25, 0.3) is 0 Å². The van der Waals surface area contributed by atoms with Crippen LogP contribution in [-0.4, -0.2) is 40.4 Å². The number of halogens is 1. The van der Waals surface area contributed by atoms with E-state index in [0.29, 0.717) is 6.61 Å². The van der Waals surface area contributed by atoms with E-state index in [1.54, 1.807) is 0 Å². The van der Waals surface area contributed by atoms with Crippen LogP contribution in [0.3, 0.4) is 0 Å². The average molecular weight is 413 g/mol. The number of aromatic nitrogens is 3. The molecule has 1 fully saturated rings. The van der Waals surface area contributed by atoms with E-state index >= 15 is 0 Å². The Bertz CT molecular complexity index is 654. The molecule has 1 aromatic heterocycles. The van der Waals surface area contributed by atoms with Crippen molar-refractivity contribution in [1.29, 1.82) is 0 Å². The zero-order valence-electron chi connectivity index (χ0n) is 14.1. The van der Waals surface area contributed by atoms with Crippen molar-refractivity contribution in [1.82, 2.24) is 15.0 Å². The van der Waals surface area contributed by atoms with Crippen LogP contribution >= 0.6 is 15.9 Å². The second-order valence-corrected chi connectivity index (χ2v) is 9.26. The predicted octanol–water partition coefficient (Wildman–Crippen LogP) is 3.59. The monoisotopic (exact) mass is 412 g/mol. The predicted molar refractivity (Wildman–Crippen MR) is 101 cm³/mol. The summed E-state index contributed by atoms with van der Waals surface area (Å²) in [5.41, 5.74) is 2.97. The van der Waals surface area contributed by atoms with Crippen molar-refractivity contribution in [2.75, 3.05) is 19.1 Å². The summed E-state index contributed by atoms with van der Waals surface area (Å²) < 4.78 is 14.7. The standard InChI is InChI=1S/C17H23BrN3O2S/c1-24(2)12-21-15(11-23-16-5-3-4-10-22-16)17(19-20-21)13-6-8-14(18)9-7-13/h6-9,16H,3-5,10-12H2,1-2H3/q+1. The van der Waals surface area contributed by atoms with Crippen LogP contribution in [0.2, 0.25) is 0 Å². The minimum atomic E-state index is -0.110. The Labute approximate surface area is 154 Å². The molecule has 0 bridgehead atoms. The van der Waals surface area contributed by atoms with Gasteiger partial charge in [0.05, 0.1) is 24.8 Å². The Morgan fingerprint density at radius 1 is 1.29 bits per heavy atom. The molecule has 1 atom stereocenters. The van der Waals surface area contributed by atoms with Crippen LogP contribution in [0, 0.1) is 0 Å². The highest BCUT2D eigenvalue weighted by atomic mass is 79.9. The maximum Gasteiger partial charge on any atom is 0.201 e. The summed E-state index contributed by atoms with van der Waals surface area (Å²) in [5.74, 6) is 0.855. The Morgan fingerprint density at radius 2 is 2.08 bits per heavy atom. The first kappa shape index (κ1) is 17.9.